The maximum absolute atomic E-state index is 13.0. The Morgan fingerprint density at radius 3 is 2.77 bits per heavy atom. The van der Waals surface area contributed by atoms with E-state index >= 15 is 0 Å². The SMILES string of the molecule is OC[C@H]1OC(n2cnc3c(NCc4cc(F)co4)ncnc32)[C@@H](O)[C@@H]1O. The Kier molecular flexibility index (Phi) is 4.28. The van der Waals surface area contributed by atoms with E-state index in [9.17, 15) is 19.7 Å². The molecule has 4 rings (SSSR count). The van der Waals surface area contributed by atoms with Crippen molar-refractivity contribution in [3.05, 3.63) is 36.6 Å². The third-order valence-corrected chi connectivity index (χ3v) is 4.20. The number of nitrogens with one attached hydrogen (secondary N) is 1. The summed E-state index contributed by atoms with van der Waals surface area (Å²) in [6, 6.07) is 1.25. The minimum Gasteiger partial charge on any atom is -0.464 e. The van der Waals surface area contributed by atoms with Crippen LogP contribution in [-0.2, 0) is 11.3 Å². The first kappa shape index (κ1) is 16.8. The molecular weight excluding hydrogens is 349 g/mol. The number of hydrogen-bond donors (Lipinski definition) is 4. The summed E-state index contributed by atoms with van der Waals surface area (Å²) < 4.78 is 24.9. The molecule has 3 aromatic heterocycles. The summed E-state index contributed by atoms with van der Waals surface area (Å²) in [6.45, 7) is -0.237. The molecule has 0 bridgehead atoms. The van der Waals surface area contributed by atoms with Gasteiger partial charge in [-0.05, 0) is 0 Å². The van der Waals surface area contributed by atoms with Gasteiger partial charge in [-0.25, -0.2) is 19.3 Å². The molecule has 138 valence electrons. The summed E-state index contributed by atoms with van der Waals surface area (Å²) in [5, 5.41) is 32.3. The molecule has 11 heteroatoms. The molecule has 0 amide bonds. The van der Waals surface area contributed by atoms with E-state index in [-0.39, 0.29) is 6.54 Å². The molecule has 3 aromatic rings. The van der Waals surface area contributed by atoms with Gasteiger partial charge in [0.15, 0.2) is 29.0 Å². The lowest BCUT2D eigenvalue weighted by Gasteiger charge is -2.16. The Bertz CT molecular complexity index is 915. The summed E-state index contributed by atoms with van der Waals surface area (Å²) in [4.78, 5) is 12.5. The van der Waals surface area contributed by atoms with Crippen LogP contribution in [0.5, 0.6) is 0 Å². The van der Waals surface area contributed by atoms with Crippen LogP contribution in [0.1, 0.15) is 12.0 Å². The lowest BCUT2D eigenvalue weighted by atomic mass is 10.1. The molecule has 0 spiro atoms. The molecule has 1 fully saturated rings. The van der Waals surface area contributed by atoms with Gasteiger partial charge in [0.1, 0.15) is 36.7 Å². The van der Waals surface area contributed by atoms with Crippen LogP contribution >= 0.6 is 0 Å². The molecule has 0 radical (unpaired) electrons. The maximum Gasteiger partial charge on any atom is 0.167 e. The van der Waals surface area contributed by atoms with Gasteiger partial charge in [-0.2, -0.15) is 0 Å². The second-order valence-electron chi connectivity index (χ2n) is 5.86. The molecule has 4 N–H and O–H groups in total. The maximum atomic E-state index is 13.0. The molecule has 1 aliphatic rings. The Balaban J connectivity index is 1.61. The van der Waals surface area contributed by atoms with Gasteiger partial charge >= 0.3 is 0 Å². The fourth-order valence-corrected chi connectivity index (χ4v) is 2.89. The van der Waals surface area contributed by atoms with Crippen molar-refractivity contribution in [1.29, 1.82) is 0 Å². The molecule has 0 aliphatic carbocycles. The predicted octanol–water partition coefficient (Wildman–Crippen LogP) is -0.218. The van der Waals surface area contributed by atoms with Crippen LogP contribution in [0.15, 0.2) is 29.4 Å². The number of furan rings is 1. The summed E-state index contributed by atoms with van der Waals surface area (Å²) >= 11 is 0. The third kappa shape index (κ3) is 2.80. The van der Waals surface area contributed by atoms with Crippen molar-refractivity contribution >= 4 is 17.0 Å². The first-order chi connectivity index (χ1) is 12.6. The monoisotopic (exact) mass is 365 g/mol. The van der Waals surface area contributed by atoms with Crippen LogP contribution < -0.4 is 5.32 Å². The average molecular weight is 365 g/mol. The second kappa shape index (κ2) is 6.61. The number of ether oxygens (including phenoxy) is 1. The molecule has 4 heterocycles. The topological polar surface area (TPSA) is 139 Å². The minimum atomic E-state index is -1.25. The average Bonchev–Trinajstić information content (AvgIpc) is 3.32. The van der Waals surface area contributed by atoms with E-state index in [0.717, 1.165) is 6.26 Å². The van der Waals surface area contributed by atoms with Crippen molar-refractivity contribution in [3.63, 3.8) is 0 Å². The first-order valence-corrected chi connectivity index (χ1v) is 7.85. The summed E-state index contributed by atoms with van der Waals surface area (Å²) in [5.74, 6) is 0.303. The Morgan fingerprint density at radius 2 is 2.08 bits per heavy atom. The number of imidazole rings is 1. The van der Waals surface area contributed by atoms with Gasteiger partial charge in [0.25, 0.3) is 0 Å². The second-order valence-corrected chi connectivity index (χ2v) is 5.86. The number of hydrogen-bond acceptors (Lipinski definition) is 9. The smallest absolute Gasteiger partial charge is 0.167 e. The third-order valence-electron chi connectivity index (χ3n) is 4.20. The molecule has 0 aromatic carbocycles. The fourth-order valence-electron chi connectivity index (χ4n) is 2.89. The number of aliphatic hydroxyl groups excluding tert-OH is 3. The van der Waals surface area contributed by atoms with E-state index in [4.69, 9.17) is 9.15 Å². The summed E-state index contributed by atoms with van der Waals surface area (Å²) in [6.07, 6.45) is -0.625. The lowest BCUT2D eigenvalue weighted by Crippen LogP contribution is -2.33. The Morgan fingerprint density at radius 1 is 1.23 bits per heavy atom. The number of halogens is 1. The van der Waals surface area contributed by atoms with Crippen LogP contribution in [0.2, 0.25) is 0 Å². The Labute approximate surface area is 145 Å². The Hall–Kier alpha value is -2.60. The largest absolute Gasteiger partial charge is 0.464 e. The van der Waals surface area contributed by atoms with Gasteiger partial charge in [0, 0.05) is 6.07 Å². The van der Waals surface area contributed by atoms with E-state index < -0.39 is 37.0 Å². The number of rotatable bonds is 5. The highest BCUT2D eigenvalue weighted by Crippen LogP contribution is 2.32. The van der Waals surface area contributed by atoms with E-state index in [2.05, 4.69) is 20.3 Å². The highest BCUT2D eigenvalue weighted by Gasteiger charge is 2.44. The molecular formula is C15H16FN5O5. The highest BCUT2D eigenvalue weighted by molar-refractivity contribution is 5.82. The zero-order valence-electron chi connectivity index (χ0n) is 13.4. The van der Waals surface area contributed by atoms with E-state index in [0.29, 0.717) is 22.7 Å². The lowest BCUT2D eigenvalue weighted by molar-refractivity contribution is -0.0511. The first-order valence-electron chi connectivity index (χ1n) is 7.85. The van der Waals surface area contributed by atoms with Gasteiger partial charge in [-0.3, -0.25) is 4.57 Å². The van der Waals surface area contributed by atoms with E-state index in [1.807, 2.05) is 0 Å². The van der Waals surface area contributed by atoms with Crippen LogP contribution in [0, 0.1) is 5.82 Å². The molecule has 1 saturated heterocycles. The normalized spacial score (nSPS) is 25.8. The molecule has 10 nitrogen and oxygen atoms in total. The van der Waals surface area contributed by atoms with Crippen molar-refractivity contribution < 1.29 is 28.9 Å². The summed E-state index contributed by atoms with van der Waals surface area (Å²) in [7, 11) is 0. The van der Waals surface area contributed by atoms with Crippen molar-refractivity contribution in [1.82, 2.24) is 19.5 Å². The van der Waals surface area contributed by atoms with Gasteiger partial charge in [0.05, 0.1) is 19.5 Å². The zero-order chi connectivity index (χ0) is 18.3. The zero-order valence-corrected chi connectivity index (χ0v) is 13.4. The predicted molar refractivity (Wildman–Crippen MR) is 84.3 cm³/mol. The van der Waals surface area contributed by atoms with Crippen LogP contribution in [0.3, 0.4) is 0 Å². The minimum absolute atomic E-state index is 0.191. The standard InChI is InChI=1S/C15H16FN5O5/c16-7-1-8(25-4-7)2-17-13-10-14(19-5-18-13)21(6-20-10)15-12(24)11(23)9(3-22)26-15/h1,4-6,9,11-12,15,22-24H,2-3H2,(H,17,18,19)/t9-,11-,12+,15?/m1/s1. The molecule has 1 aliphatic heterocycles. The number of anilines is 1. The van der Waals surface area contributed by atoms with Crippen molar-refractivity contribution in [2.24, 2.45) is 0 Å². The fraction of sp³-hybridized carbons (Fsp3) is 0.400. The number of nitrogens with zero attached hydrogens (tertiary/aromatic N) is 4. The van der Waals surface area contributed by atoms with Gasteiger partial charge in [-0.15, -0.1) is 0 Å². The van der Waals surface area contributed by atoms with Crippen LogP contribution in [-0.4, -0.2) is 59.8 Å². The van der Waals surface area contributed by atoms with Crippen molar-refractivity contribution in [2.75, 3.05) is 11.9 Å². The van der Waals surface area contributed by atoms with E-state index in [1.54, 1.807) is 0 Å². The number of aliphatic hydroxyl groups is 3. The van der Waals surface area contributed by atoms with Gasteiger partial charge < -0.3 is 29.8 Å². The number of fused-ring (bicyclic) bond motifs is 1. The van der Waals surface area contributed by atoms with Gasteiger partial charge in [0.2, 0.25) is 0 Å². The molecule has 1 unspecified atom stereocenters. The quantitative estimate of drug-likeness (QED) is 0.483. The van der Waals surface area contributed by atoms with Crippen LogP contribution in [0.4, 0.5) is 10.2 Å². The molecule has 26 heavy (non-hydrogen) atoms. The van der Waals surface area contributed by atoms with Crippen molar-refractivity contribution in [2.45, 2.75) is 31.1 Å². The van der Waals surface area contributed by atoms with Crippen LogP contribution in [0.25, 0.3) is 11.2 Å². The molecule has 0 saturated carbocycles. The molecule has 4 atom stereocenters. The van der Waals surface area contributed by atoms with Gasteiger partial charge in [-0.1, -0.05) is 0 Å². The highest BCUT2D eigenvalue weighted by atomic mass is 19.1. The number of aromatic nitrogens is 4. The van der Waals surface area contributed by atoms with E-state index in [1.165, 1.54) is 23.3 Å². The summed E-state index contributed by atoms with van der Waals surface area (Å²) in [5.41, 5.74) is 0.764. The van der Waals surface area contributed by atoms with Crippen molar-refractivity contribution in [3.8, 4) is 0 Å².